The Balaban J connectivity index is 1.38. The Kier molecular flexibility index (Phi) is 7.78. The predicted octanol–water partition coefficient (Wildman–Crippen LogP) is 4.03. The highest BCUT2D eigenvalue weighted by atomic mass is 16.7. The number of ether oxygens (including phenoxy) is 3. The molecule has 0 aliphatic carbocycles. The van der Waals surface area contributed by atoms with Crippen LogP contribution in [0.3, 0.4) is 0 Å². The van der Waals surface area contributed by atoms with E-state index in [1.54, 1.807) is 26.0 Å². The largest absolute Gasteiger partial charge is 0.428 e. The first kappa shape index (κ1) is 26.9. The first-order valence-electron chi connectivity index (χ1n) is 13.0. The lowest BCUT2D eigenvalue weighted by atomic mass is 10.1. The van der Waals surface area contributed by atoms with Crippen molar-refractivity contribution in [3.05, 3.63) is 71.4 Å². The Hall–Kier alpha value is -4.71. The number of carbonyl (C=O) groups excluding carboxylic acids is 2. The van der Waals surface area contributed by atoms with Crippen LogP contribution in [0.5, 0.6) is 0 Å². The number of hydrogen-bond donors (Lipinski definition) is 2. The molecule has 0 radical (unpaired) electrons. The van der Waals surface area contributed by atoms with E-state index >= 15 is 0 Å². The number of anilines is 2. The maximum absolute atomic E-state index is 13.0. The minimum atomic E-state index is -0.592. The standard InChI is InChI=1S/C28H31N7O5/c1-5-38-28-29-22-8-6-7-21(27(37)40-16-39-26(36)17(2)3)24(22)35(28)15-19-9-11-20(12-10-19)34-14-18(4)13-23(34)25-30-32-33-31-25/h6-14,17,28-29H,5,15-16H2,1-4H3,(H,30,31,32,33). The van der Waals surface area contributed by atoms with Gasteiger partial charge in [0.25, 0.3) is 0 Å². The highest BCUT2D eigenvalue weighted by molar-refractivity contribution is 6.00. The first-order valence-corrected chi connectivity index (χ1v) is 13.0. The van der Waals surface area contributed by atoms with Gasteiger partial charge in [-0.1, -0.05) is 32.0 Å². The summed E-state index contributed by atoms with van der Waals surface area (Å²) in [6.45, 7) is 7.83. The van der Waals surface area contributed by atoms with Gasteiger partial charge in [-0.2, -0.15) is 0 Å². The van der Waals surface area contributed by atoms with Crippen LogP contribution in [-0.4, -0.2) is 56.9 Å². The van der Waals surface area contributed by atoms with Crippen LogP contribution in [-0.2, 0) is 25.5 Å². The summed E-state index contributed by atoms with van der Waals surface area (Å²) in [6.07, 6.45) is 1.54. The molecule has 1 aliphatic rings. The van der Waals surface area contributed by atoms with Gasteiger partial charge in [0, 0.05) is 25.0 Å². The molecule has 208 valence electrons. The molecule has 0 bridgehead atoms. The van der Waals surface area contributed by atoms with Crippen LogP contribution in [0.4, 0.5) is 11.4 Å². The van der Waals surface area contributed by atoms with E-state index in [2.05, 4.69) is 25.9 Å². The molecule has 0 fully saturated rings. The van der Waals surface area contributed by atoms with Gasteiger partial charge in [-0.05, 0) is 65.7 Å². The van der Waals surface area contributed by atoms with Crippen molar-refractivity contribution in [2.24, 2.45) is 5.92 Å². The molecule has 1 atom stereocenters. The minimum absolute atomic E-state index is 0.315. The number of nitrogens with zero attached hydrogens (tertiary/aromatic N) is 5. The number of benzene rings is 2. The van der Waals surface area contributed by atoms with E-state index in [1.165, 1.54) is 0 Å². The van der Waals surface area contributed by atoms with E-state index in [0.29, 0.717) is 30.2 Å². The molecule has 12 nitrogen and oxygen atoms in total. The molecule has 2 aromatic heterocycles. The summed E-state index contributed by atoms with van der Waals surface area (Å²) in [5, 5.41) is 17.6. The maximum atomic E-state index is 13.0. The van der Waals surface area contributed by atoms with E-state index in [4.69, 9.17) is 14.2 Å². The second-order valence-electron chi connectivity index (χ2n) is 9.64. The van der Waals surface area contributed by atoms with Gasteiger partial charge < -0.3 is 29.0 Å². The van der Waals surface area contributed by atoms with Crippen molar-refractivity contribution in [1.29, 1.82) is 0 Å². The first-order chi connectivity index (χ1) is 19.4. The van der Waals surface area contributed by atoms with Crippen LogP contribution in [0.15, 0.2) is 54.7 Å². The number of hydrogen-bond acceptors (Lipinski definition) is 10. The second kappa shape index (κ2) is 11.6. The number of H-pyrrole nitrogens is 1. The van der Waals surface area contributed by atoms with Crippen LogP contribution in [0, 0.1) is 12.8 Å². The molecule has 0 saturated carbocycles. The number of aryl methyl sites for hydroxylation is 1. The molecule has 2 aromatic carbocycles. The number of aromatic nitrogens is 5. The fraction of sp³-hybridized carbons (Fsp3) is 0.321. The summed E-state index contributed by atoms with van der Waals surface area (Å²) in [7, 11) is 0. The normalized spacial score (nSPS) is 14.2. The maximum Gasteiger partial charge on any atom is 0.343 e. The summed E-state index contributed by atoms with van der Waals surface area (Å²) >= 11 is 0. The molecule has 1 aliphatic heterocycles. The SMILES string of the molecule is CCOC1Nc2cccc(C(=O)OCOC(=O)C(C)C)c2N1Cc1ccc(-n2cc(C)cc2-c2nnn[nH]2)cc1. The Morgan fingerprint density at radius 2 is 1.90 bits per heavy atom. The van der Waals surface area contributed by atoms with Gasteiger partial charge in [0.2, 0.25) is 13.1 Å². The number of rotatable bonds is 10. The van der Waals surface area contributed by atoms with Gasteiger partial charge in [-0.15, -0.1) is 5.10 Å². The molecular formula is C28H31N7O5. The van der Waals surface area contributed by atoms with E-state index in [0.717, 1.165) is 28.2 Å². The minimum Gasteiger partial charge on any atom is -0.428 e. The van der Waals surface area contributed by atoms with Crippen molar-refractivity contribution >= 4 is 23.3 Å². The fourth-order valence-electron chi connectivity index (χ4n) is 4.52. The molecule has 1 unspecified atom stereocenters. The average Bonchev–Trinajstić information content (AvgIpc) is 3.68. The molecule has 5 rings (SSSR count). The van der Waals surface area contributed by atoms with Gasteiger partial charge in [-0.3, -0.25) is 4.79 Å². The summed E-state index contributed by atoms with van der Waals surface area (Å²) in [5.41, 5.74) is 5.63. The lowest BCUT2D eigenvalue weighted by Gasteiger charge is -2.27. The fourth-order valence-corrected chi connectivity index (χ4v) is 4.52. The quantitative estimate of drug-likeness (QED) is 0.222. The molecule has 0 spiro atoms. The molecule has 3 heterocycles. The smallest absolute Gasteiger partial charge is 0.343 e. The summed E-state index contributed by atoms with van der Waals surface area (Å²) in [5.74, 6) is -0.765. The van der Waals surface area contributed by atoms with Crippen LogP contribution in [0.2, 0.25) is 0 Å². The number of tetrazole rings is 1. The van der Waals surface area contributed by atoms with Gasteiger partial charge in [0.15, 0.2) is 5.82 Å². The lowest BCUT2D eigenvalue weighted by Crippen LogP contribution is -2.38. The molecule has 2 N–H and O–H groups in total. The number of carbonyl (C=O) groups is 2. The predicted molar refractivity (Wildman–Crippen MR) is 147 cm³/mol. The number of aromatic amines is 1. The van der Waals surface area contributed by atoms with Crippen molar-refractivity contribution in [2.75, 3.05) is 23.6 Å². The van der Waals surface area contributed by atoms with E-state index in [-0.39, 0.29) is 5.92 Å². The average molecular weight is 546 g/mol. The molecule has 40 heavy (non-hydrogen) atoms. The summed E-state index contributed by atoms with van der Waals surface area (Å²) in [4.78, 5) is 26.8. The number of fused-ring (bicyclic) bond motifs is 1. The number of esters is 2. The van der Waals surface area contributed by atoms with Crippen molar-refractivity contribution in [3.8, 4) is 17.2 Å². The second-order valence-corrected chi connectivity index (χ2v) is 9.64. The molecule has 4 aromatic rings. The van der Waals surface area contributed by atoms with Crippen LogP contribution >= 0.6 is 0 Å². The summed E-state index contributed by atoms with van der Waals surface area (Å²) < 4.78 is 18.3. The summed E-state index contributed by atoms with van der Waals surface area (Å²) in [6, 6.07) is 15.4. The van der Waals surface area contributed by atoms with E-state index in [1.807, 2.05) is 65.9 Å². The van der Waals surface area contributed by atoms with E-state index < -0.39 is 25.1 Å². The monoisotopic (exact) mass is 545 g/mol. The number of nitrogens with one attached hydrogen (secondary N) is 2. The van der Waals surface area contributed by atoms with Crippen LogP contribution < -0.4 is 10.2 Å². The van der Waals surface area contributed by atoms with E-state index in [9.17, 15) is 9.59 Å². The Bertz CT molecular complexity index is 1480. The third kappa shape index (κ3) is 5.52. The lowest BCUT2D eigenvalue weighted by molar-refractivity contribution is -0.155. The van der Waals surface area contributed by atoms with Crippen molar-refractivity contribution < 1.29 is 23.8 Å². The van der Waals surface area contributed by atoms with Gasteiger partial charge >= 0.3 is 11.9 Å². The Morgan fingerprint density at radius 3 is 2.60 bits per heavy atom. The van der Waals surface area contributed by atoms with Crippen LogP contribution in [0.25, 0.3) is 17.2 Å². The Morgan fingerprint density at radius 1 is 1.10 bits per heavy atom. The third-order valence-electron chi connectivity index (χ3n) is 6.40. The van der Waals surface area contributed by atoms with Crippen molar-refractivity contribution in [1.82, 2.24) is 25.2 Å². The zero-order chi connectivity index (χ0) is 28.2. The number of para-hydroxylation sites is 1. The topological polar surface area (TPSA) is 136 Å². The molecular weight excluding hydrogens is 514 g/mol. The zero-order valence-corrected chi connectivity index (χ0v) is 22.7. The molecule has 0 amide bonds. The highest BCUT2D eigenvalue weighted by Crippen LogP contribution is 2.39. The zero-order valence-electron chi connectivity index (χ0n) is 22.7. The van der Waals surface area contributed by atoms with Crippen molar-refractivity contribution in [3.63, 3.8) is 0 Å². The Labute approximate surface area is 231 Å². The third-order valence-corrected chi connectivity index (χ3v) is 6.40. The van der Waals surface area contributed by atoms with Crippen LogP contribution in [0.1, 0.15) is 42.3 Å². The highest BCUT2D eigenvalue weighted by Gasteiger charge is 2.33. The van der Waals surface area contributed by atoms with Gasteiger partial charge in [0.1, 0.15) is 0 Å². The van der Waals surface area contributed by atoms with Crippen molar-refractivity contribution in [2.45, 2.75) is 40.6 Å². The van der Waals surface area contributed by atoms with Gasteiger partial charge in [0.05, 0.1) is 28.6 Å². The molecule has 12 heteroatoms. The van der Waals surface area contributed by atoms with Gasteiger partial charge in [-0.25, -0.2) is 9.89 Å². The molecule has 0 saturated heterocycles.